The zero-order valence-electron chi connectivity index (χ0n) is 12.2. The Morgan fingerprint density at radius 2 is 1.87 bits per heavy atom. The lowest BCUT2D eigenvalue weighted by atomic mass is 10.2. The summed E-state index contributed by atoms with van der Waals surface area (Å²) in [5, 5.41) is 8.97. The van der Waals surface area contributed by atoms with E-state index in [9.17, 15) is 4.79 Å². The highest BCUT2D eigenvalue weighted by molar-refractivity contribution is 9.10. The van der Waals surface area contributed by atoms with Gasteiger partial charge in [0.1, 0.15) is 0 Å². The Morgan fingerprint density at radius 3 is 2.61 bits per heavy atom. The molecule has 2 aromatic carbocycles. The summed E-state index contributed by atoms with van der Waals surface area (Å²) < 4.78 is 1.02. The molecule has 6 heteroatoms. The summed E-state index contributed by atoms with van der Waals surface area (Å²) in [5.74, 6) is 0.482. The topological polar surface area (TPSA) is 45.0 Å². The van der Waals surface area contributed by atoms with Crippen LogP contribution in [-0.2, 0) is 11.3 Å². The SMILES string of the molecule is O=C1CS/C(=N/N=C/c2ccc(Br)cc2)N1Cc1ccccc1. The molecular weight excluding hydrogens is 374 g/mol. The monoisotopic (exact) mass is 387 g/mol. The molecule has 2 aromatic rings. The van der Waals surface area contributed by atoms with Crippen molar-refractivity contribution in [3.05, 3.63) is 70.2 Å². The maximum Gasteiger partial charge on any atom is 0.239 e. The number of carbonyl (C=O) groups is 1. The molecule has 0 bridgehead atoms. The van der Waals surface area contributed by atoms with E-state index in [1.807, 2.05) is 54.6 Å². The summed E-state index contributed by atoms with van der Waals surface area (Å²) in [6.45, 7) is 0.527. The largest absolute Gasteiger partial charge is 0.285 e. The molecule has 0 unspecified atom stereocenters. The van der Waals surface area contributed by atoms with Crippen molar-refractivity contribution in [2.75, 3.05) is 5.75 Å². The normalized spacial score (nSPS) is 16.7. The van der Waals surface area contributed by atoms with Crippen molar-refractivity contribution in [2.24, 2.45) is 10.2 Å². The maximum absolute atomic E-state index is 12.0. The Bertz CT molecular complexity index is 744. The van der Waals surface area contributed by atoms with Gasteiger partial charge in [-0.2, -0.15) is 5.10 Å². The summed E-state index contributed by atoms with van der Waals surface area (Å²) in [7, 11) is 0. The predicted molar refractivity (Wildman–Crippen MR) is 98.6 cm³/mol. The van der Waals surface area contributed by atoms with Crippen LogP contribution in [0.5, 0.6) is 0 Å². The number of amidine groups is 1. The van der Waals surface area contributed by atoms with E-state index in [4.69, 9.17) is 0 Å². The lowest BCUT2D eigenvalue weighted by molar-refractivity contribution is -0.124. The molecule has 1 aliphatic rings. The van der Waals surface area contributed by atoms with Gasteiger partial charge in [-0.15, -0.1) is 5.10 Å². The van der Waals surface area contributed by atoms with Crippen molar-refractivity contribution in [3.8, 4) is 0 Å². The third kappa shape index (κ3) is 4.30. The summed E-state index contributed by atoms with van der Waals surface area (Å²) >= 11 is 4.81. The Labute approximate surface area is 147 Å². The van der Waals surface area contributed by atoms with Gasteiger partial charge < -0.3 is 0 Å². The van der Waals surface area contributed by atoms with Gasteiger partial charge in [0, 0.05) is 4.47 Å². The zero-order valence-corrected chi connectivity index (χ0v) is 14.6. The highest BCUT2D eigenvalue weighted by atomic mass is 79.9. The first-order chi connectivity index (χ1) is 11.2. The minimum atomic E-state index is 0.0662. The van der Waals surface area contributed by atoms with E-state index in [1.165, 1.54) is 11.8 Å². The van der Waals surface area contributed by atoms with Crippen molar-refractivity contribution in [1.29, 1.82) is 0 Å². The van der Waals surface area contributed by atoms with Crippen molar-refractivity contribution in [2.45, 2.75) is 6.54 Å². The van der Waals surface area contributed by atoms with Gasteiger partial charge in [0.25, 0.3) is 0 Å². The number of nitrogens with zero attached hydrogens (tertiary/aromatic N) is 3. The Morgan fingerprint density at radius 1 is 1.13 bits per heavy atom. The third-order valence-electron chi connectivity index (χ3n) is 3.26. The quantitative estimate of drug-likeness (QED) is 0.589. The fraction of sp³-hybridized carbons (Fsp3) is 0.118. The first-order valence-corrected chi connectivity index (χ1v) is 8.84. The number of halogens is 1. The van der Waals surface area contributed by atoms with E-state index >= 15 is 0 Å². The molecule has 0 spiro atoms. The van der Waals surface area contributed by atoms with Gasteiger partial charge in [-0.25, -0.2) is 0 Å². The molecule has 1 saturated heterocycles. The molecule has 4 nitrogen and oxygen atoms in total. The molecular formula is C17H14BrN3OS. The highest BCUT2D eigenvalue weighted by Crippen LogP contribution is 2.22. The third-order valence-corrected chi connectivity index (χ3v) is 4.74. The van der Waals surface area contributed by atoms with E-state index < -0.39 is 0 Å². The van der Waals surface area contributed by atoms with E-state index in [0.29, 0.717) is 17.5 Å². The zero-order chi connectivity index (χ0) is 16.1. The van der Waals surface area contributed by atoms with Crippen LogP contribution in [0, 0.1) is 0 Å². The van der Waals surface area contributed by atoms with Crippen LogP contribution >= 0.6 is 27.7 Å². The summed E-state index contributed by atoms with van der Waals surface area (Å²) in [6.07, 6.45) is 1.68. The van der Waals surface area contributed by atoms with Gasteiger partial charge in [-0.1, -0.05) is 70.2 Å². The number of thioether (sulfide) groups is 1. The first-order valence-electron chi connectivity index (χ1n) is 7.06. The number of carbonyl (C=O) groups excluding carboxylic acids is 1. The maximum atomic E-state index is 12.0. The van der Waals surface area contributed by atoms with Gasteiger partial charge in [-0.05, 0) is 23.3 Å². The molecule has 0 aliphatic carbocycles. The Hall–Kier alpha value is -1.92. The number of hydrogen-bond donors (Lipinski definition) is 0. The fourth-order valence-corrected chi connectivity index (χ4v) is 3.19. The van der Waals surface area contributed by atoms with Crippen molar-refractivity contribution < 1.29 is 4.79 Å². The molecule has 0 aromatic heterocycles. The van der Waals surface area contributed by atoms with Gasteiger partial charge in [0.15, 0.2) is 5.17 Å². The van der Waals surface area contributed by atoms with Gasteiger partial charge in [0.2, 0.25) is 5.91 Å². The van der Waals surface area contributed by atoms with E-state index in [-0.39, 0.29) is 5.91 Å². The fourth-order valence-electron chi connectivity index (χ4n) is 2.09. The predicted octanol–water partition coefficient (Wildman–Crippen LogP) is 3.91. The van der Waals surface area contributed by atoms with E-state index in [0.717, 1.165) is 15.6 Å². The smallest absolute Gasteiger partial charge is 0.239 e. The molecule has 0 atom stereocenters. The molecule has 1 amide bonds. The Kier molecular flexibility index (Phi) is 5.25. The second-order valence-electron chi connectivity index (χ2n) is 4.93. The molecule has 0 N–H and O–H groups in total. The summed E-state index contributed by atoms with van der Waals surface area (Å²) in [4.78, 5) is 13.7. The molecule has 1 heterocycles. The second kappa shape index (κ2) is 7.57. The van der Waals surface area contributed by atoms with Crippen LogP contribution in [0.4, 0.5) is 0 Å². The summed E-state index contributed by atoms with van der Waals surface area (Å²) in [6, 6.07) is 17.7. The molecule has 0 radical (unpaired) electrons. The van der Waals surface area contributed by atoms with E-state index in [1.54, 1.807) is 11.1 Å². The summed E-state index contributed by atoms with van der Waals surface area (Å²) in [5.41, 5.74) is 2.04. The van der Waals surface area contributed by atoms with Gasteiger partial charge in [-0.3, -0.25) is 9.69 Å². The number of benzene rings is 2. The lowest BCUT2D eigenvalue weighted by Gasteiger charge is -2.14. The van der Waals surface area contributed by atoms with Crippen molar-refractivity contribution in [3.63, 3.8) is 0 Å². The number of rotatable bonds is 4. The molecule has 1 aliphatic heterocycles. The minimum absolute atomic E-state index is 0.0662. The standard InChI is InChI=1S/C17H14BrN3OS/c18-15-8-6-13(7-9-15)10-19-20-17-21(16(22)12-23-17)11-14-4-2-1-3-5-14/h1-10H,11-12H2/b19-10+,20-17+. The number of amides is 1. The number of hydrogen-bond acceptors (Lipinski definition) is 4. The van der Waals surface area contributed by atoms with Gasteiger partial charge in [0.05, 0.1) is 18.5 Å². The molecule has 3 rings (SSSR count). The van der Waals surface area contributed by atoms with Crippen LogP contribution in [0.3, 0.4) is 0 Å². The second-order valence-corrected chi connectivity index (χ2v) is 6.79. The average Bonchev–Trinajstić information content (AvgIpc) is 2.91. The van der Waals surface area contributed by atoms with Gasteiger partial charge >= 0.3 is 0 Å². The lowest BCUT2D eigenvalue weighted by Crippen LogP contribution is -2.28. The van der Waals surface area contributed by atoms with Crippen LogP contribution in [0.25, 0.3) is 0 Å². The van der Waals surface area contributed by atoms with Crippen molar-refractivity contribution in [1.82, 2.24) is 4.90 Å². The van der Waals surface area contributed by atoms with Crippen molar-refractivity contribution >= 4 is 45.0 Å². The van der Waals surface area contributed by atoms with Crippen LogP contribution in [0.1, 0.15) is 11.1 Å². The van der Waals surface area contributed by atoms with Crippen LogP contribution < -0.4 is 0 Å². The molecule has 0 saturated carbocycles. The van der Waals surface area contributed by atoms with Crippen LogP contribution in [0.2, 0.25) is 0 Å². The minimum Gasteiger partial charge on any atom is -0.285 e. The van der Waals surface area contributed by atoms with Crippen LogP contribution in [0.15, 0.2) is 69.3 Å². The molecule has 1 fully saturated rings. The first kappa shape index (κ1) is 16.0. The average molecular weight is 388 g/mol. The van der Waals surface area contributed by atoms with E-state index in [2.05, 4.69) is 26.1 Å². The van der Waals surface area contributed by atoms with Crippen LogP contribution in [-0.4, -0.2) is 27.9 Å². The molecule has 116 valence electrons. The highest BCUT2D eigenvalue weighted by Gasteiger charge is 2.28. The Balaban J connectivity index is 1.72. The molecule has 23 heavy (non-hydrogen) atoms.